The molecule has 16 heavy (non-hydrogen) atoms. The van der Waals surface area contributed by atoms with Gasteiger partial charge in [0.1, 0.15) is 0 Å². The Kier molecular flexibility index (Phi) is 3.46. The molecule has 3 nitrogen and oxygen atoms in total. The van der Waals surface area contributed by atoms with E-state index in [-0.39, 0.29) is 5.97 Å². The third kappa shape index (κ3) is 2.20. The van der Waals surface area contributed by atoms with Crippen LogP contribution < -0.4 is 4.84 Å². The molecule has 1 unspecified atom stereocenters. The fourth-order valence-corrected chi connectivity index (χ4v) is 2.28. The van der Waals surface area contributed by atoms with Gasteiger partial charge in [-0.05, 0) is 54.3 Å². The molecule has 1 atom stereocenters. The maximum atomic E-state index is 11.4. The van der Waals surface area contributed by atoms with Gasteiger partial charge in [-0.2, -0.15) is 0 Å². The van der Waals surface area contributed by atoms with E-state index in [1.807, 2.05) is 18.2 Å². The molecular weight excluding hydrogens is 226 g/mol. The van der Waals surface area contributed by atoms with E-state index in [0.717, 1.165) is 19.3 Å². The lowest BCUT2D eigenvalue weighted by molar-refractivity contribution is 0.0600. The predicted molar refractivity (Wildman–Crippen MR) is 62.6 cm³/mol. The molecule has 4 heteroatoms. The molecule has 0 saturated carbocycles. The van der Waals surface area contributed by atoms with Gasteiger partial charge in [0, 0.05) is 6.04 Å². The van der Waals surface area contributed by atoms with Gasteiger partial charge in [-0.25, -0.2) is 9.63 Å². The zero-order valence-corrected chi connectivity index (χ0v) is 9.88. The number of methoxy groups -OCH3 is 1. The number of halogens is 1. The molecule has 1 N–H and O–H groups in total. The summed E-state index contributed by atoms with van der Waals surface area (Å²) < 4.78 is 4.70. The second-order valence-corrected chi connectivity index (χ2v) is 4.24. The zero-order chi connectivity index (χ0) is 11.5. The summed E-state index contributed by atoms with van der Waals surface area (Å²) in [5.41, 5.74) is 3.10. The SMILES string of the molecule is COC(=O)c1ccc2c(c1)CC(NCl)CC2. The van der Waals surface area contributed by atoms with E-state index in [2.05, 4.69) is 4.84 Å². The highest BCUT2D eigenvalue weighted by Gasteiger charge is 2.19. The minimum Gasteiger partial charge on any atom is -0.465 e. The summed E-state index contributed by atoms with van der Waals surface area (Å²) in [5, 5.41) is 0. The van der Waals surface area contributed by atoms with E-state index in [1.165, 1.54) is 18.2 Å². The monoisotopic (exact) mass is 239 g/mol. The Morgan fingerprint density at radius 1 is 1.50 bits per heavy atom. The molecule has 0 radical (unpaired) electrons. The van der Waals surface area contributed by atoms with Crippen LogP contribution in [0.25, 0.3) is 0 Å². The molecule has 0 spiro atoms. The molecule has 0 saturated heterocycles. The first-order chi connectivity index (χ1) is 7.74. The summed E-state index contributed by atoms with van der Waals surface area (Å²) in [5.74, 6) is -0.288. The molecule has 0 aromatic heterocycles. The number of nitrogens with one attached hydrogen (secondary N) is 1. The summed E-state index contributed by atoms with van der Waals surface area (Å²) >= 11 is 5.63. The lowest BCUT2D eigenvalue weighted by atomic mass is 9.87. The van der Waals surface area contributed by atoms with Gasteiger partial charge in [0.25, 0.3) is 0 Å². The summed E-state index contributed by atoms with van der Waals surface area (Å²) in [6.07, 6.45) is 2.90. The Labute approximate surface area is 99.9 Å². The number of aryl methyl sites for hydroxylation is 1. The minimum absolute atomic E-state index is 0.288. The Bertz CT molecular complexity index is 406. The van der Waals surface area contributed by atoms with E-state index in [4.69, 9.17) is 16.5 Å². The molecule has 1 aromatic carbocycles. The summed E-state index contributed by atoms with van der Waals surface area (Å²) in [7, 11) is 1.39. The average molecular weight is 240 g/mol. The first-order valence-corrected chi connectivity index (χ1v) is 5.68. The van der Waals surface area contributed by atoms with Crippen molar-refractivity contribution in [1.82, 2.24) is 4.84 Å². The Morgan fingerprint density at radius 3 is 3.00 bits per heavy atom. The molecule has 0 heterocycles. The number of ether oxygens (including phenoxy) is 1. The number of hydrogen-bond acceptors (Lipinski definition) is 3. The van der Waals surface area contributed by atoms with Crippen LogP contribution in [0.2, 0.25) is 0 Å². The smallest absolute Gasteiger partial charge is 0.337 e. The topological polar surface area (TPSA) is 38.3 Å². The second-order valence-electron chi connectivity index (χ2n) is 4.02. The normalized spacial score (nSPS) is 19.0. The van der Waals surface area contributed by atoms with Crippen molar-refractivity contribution >= 4 is 17.7 Å². The standard InChI is InChI=1S/C12H14ClNO2/c1-16-12(15)9-3-2-8-4-5-11(14-13)7-10(8)6-9/h2-3,6,11,14H,4-5,7H2,1H3. The van der Waals surface area contributed by atoms with Crippen LogP contribution in [0.4, 0.5) is 0 Å². The van der Waals surface area contributed by atoms with E-state index < -0.39 is 0 Å². The largest absolute Gasteiger partial charge is 0.465 e. The van der Waals surface area contributed by atoms with Crippen LogP contribution in [-0.4, -0.2) is 19.1 Å². The van der Waals surface area contributed by atoms with Crippen LogP contribution in [-0.2, 0) is 17.6 Å². The van der Waals surface area contributed by atoms with Crippen molar-refractivity contribution < 1.29 is 9.53 Å². The number of carbonyl (C=O) groups excluding carboxylic acids is 1. The summed E-state index contributed by atoms with van der Waals surface area (Å²) in [6, 6.07) is 6.02. The molecule has 0 bridgehead atoms. The number of carbonyl (C=O) groups is 1. The second kappa shape index (κ2) is 4.85. The van der Waals surface area contributed by atoms with Crippen LogP contribution in [0.5, 0.6) is 0 Å². The zero-order valence-electron chi connectivity index (χ0n) is 9.13. The van der Waals surface area contributed by atoms with Crippen molar-refractivity contribution in [3.63, 3.8) is 0 Å². The van der Waals surface area contributed by atoms with E-state index in [0.29, 0.717) is 11.6 Å². The minimum atomic E-state index is -0.288. The van der Waals surface area contributed by atoms with Crippen molar-refractivity contribution in [2.24, 2.45) is 0 Å². The summed E-state index contributed by atoms with van der Waals surface area (Å²) in [6.45, 7) is 0. The molecule has 1 aliphatic carbocycles. The Hall–Kier alpha value is -1.06. The average Bonchev–Trinajstić information content (AvgIpc) is 2.36. The van der Waals surface area contributed by atoms with E-state index in [1.54, 1.807) is 0 Å². The highest BCUT2D eigenvalue weighted by Crippen LogP contribution is 2.23. The molecule has 2 rings (SSSR count). The fraction of sp³-hybridized carbons (Fsp3) is 0.417. The third-order valence-corrected chi connectivity index (χ3v) is 3.32. The maximum Gasteiger partial charge on any atom is 0.337 e. The first-order valence-electron chi connectivity index (χ1n) is 5.31. The highest BCUT2D eigenvalue weighted by molar-refractivity contribution is 6.13. The number of fused-ring (bicyclic) bond motifs is 1. The van der Waals surface area contributed by atoms with Crippen LogP contribution in [0.1, 0.15) is 27.9 Å². The maximum absolute atomic E-state index is 11.4. The lowest BCUT2D eigenvalue weighted by Crippen LogP contribution is -2.28. The Balaban J connectivity index is 2.27. The quantitative estimate of drug-likeness (QED) is 0.634. The van der Waals surface area contributed by atoms with Crippen LogP contribution >= 0.6 is 11.8 Å². The molecule has 1 aromatic rings. The number of rotatable bonds is 2. The fourth-order valence-electron chi connectivity index (χ4n) is 2.10. The van der Waals surface area contributed by atoms with Crippen molar-refractivity contribution in [2.45, 2.75) is 25.3 Å². The van der Waals surface area contributed by atoms with Gasteiger partial charge in [-0.1, -0.05) is 6.07 Å². The number of benzene rings is 1. The molecule has 0 aliphatic heterocycles. The molecular formula is C12H14ClNO2. The van der Waals surface area contributed by atoms with Crippen molar-refractivity contribution in [3.05, 3.63) is 34.9 Å². The van der Waals surface area contributed by atoms with Gasteiger partial charge in [-0.3, -0.25) is 0 Å². The molecule has 0 amide bonds. The summed E-state index contributed by atoms with van der Waals surface area (Å²) in [4.78, 5) is 14.1. The molecule has 86 valence electrons. The van der Waals surface area contributed by atoms with Crippen molar-refractivity contribution in [1.29, 1.82) is 0 Å². The van der Waals surface area contributed by atoms with Crippen LogP contribution in [0, 0.1) is 0 Å². The Morgan fingerprint density at radius 2 is 2.31 bits per heavy atom. The van der Waals surface area contributed by atoms with Crippen LogP contribution in [0.3, 0.4) is 0 Å². The highest BCUT2D eigenvalue weighted by atomic mass is 35.5. The predicted octanol–water partition coefficient (Wildman–Crippen LogP) is 2.07. The van der Waals surface area contributed by atoms with Gasteiger partial charge >= 0.3 is 5.97 Å². The van der Waals surface area contributed by atoms with Gasteiger partial charge in [0.05, 0.1) is 12.7 Å². The molecule has 0 fully saturated rings. The number of esters is 1. The van der Waals surface area contributed by atoms with Gasteiger partial charge in [0.15, 0.2) is 0 Å². The number of hydrogen-bond donors (Lipinski definition) is 1. The van der Waals surface area contributed by atoms with Gasteiger partial charge in [0.2, 0.25) is 0 Å². The lowest BCUT2D eigenvalue weighted by Gasteiger charge is -2.23. The third-order valence-electron chi connectivity index (χ3n) is 3.01. The van der Waals surface area contributed by atoms with Crippen molar-refractivity contribution in [3.8, 4) is 0 Å². The van der Waals surface area contributed by atoms with Crippen molar-refractivity contribution in [2.75, 3.05) is 7.11 Å². The first kappa shape index (κ1) is 11.4. The van der Waals surface area contributed by atoms with Gasteiger partial charge in [-0.15, -0.1) is 0 Å². The van der Waals surface area contributed by atoms with Gasteiger partial charge < -0.3 is 4.74 Å². The van der Waals surface area contributed by atoms with E-state index in [9.17, 15) is 4.79 Å². The van der Waals surface area contributed by atoms with E-state index >= 15 is 0 Å². The van der Waals surface area contributed by atoms with Crippen LogP contribution in [0.15, 0.2) is 18.2 Å². The molecule has 1 aliphatic rings.